The van der Waals surface area contributed by atoms with E-state index in [0.29, 0.717) is 17.8 Å². The Hall–Kier alpha value is -0.640. The molecule has 0 saturated heterocycles. The molecule has 2 aliphatic rings. The largest absolute Gasteiger partial charge is 0.392 e. The first-order chi connectivity index (χ1) is 12.0. The van der Waals surface area contributed by atoms with Crippen LogP contribution in [0.1, 0.15) is 71.6 Å². The molecule has 4 N–H and O–H groups in total. The smallest absolute Gasteiger partial charge is 0.0723 e. The molecule has 3 heteroatoms. The summed E-state index contributed by atoms with van der Waals surface area (Å²) in [6.07, 6.45) is 15.8. The van der Waals surface area contributed by atoms with Gasteiger partial charge in [-0.15, -0.1) is 0 Å². The summed E-state index contributed by atoms with van der Waals surface area (Å²) in [7, 11) is 0. The van der Waals surface area contributed by atoms with Gasteiger partial charge in [0.2, 0.25) is 0 Å². The molecule has 2 aliphatic carbocycles. The molecule has 0 aromatic rings. The molecule has 0 bridgehead atoms. The molecule has 0 aromatic carbocycles. The number of hydrogen-bond donors (Lipinski definition) is 3. The fourth-order valence-corrected chi connectivity index (χ4v) is 4.70. The van der Waals surface area contributed by atoms with Crippen LogP contribution in [0, 0.1) is 23.7 Å². The molecule has 0 aliphatic heterocycles. The van der Waals surface area contributed by atoms with Crippen molar-refractivity contribution in [2.45, 2.75) is 83.8 Å². The second-order valence-corrected chi connectivity index (χ2v) is 8.42. The van der Waals surface area contributed by atoms with Crippen molar-refractivity contribution in [2.24, 2.45) is 29.4 Å². The zero-order chi connectivity index (χ0) is 18.2. The third-order valence-corrected chi connectivity index (χ3v) is 6.15. The Bertz CT molecular complexity index is 445. The van der Waals surface area contributed by atoms with Gasteiger partial charge in [0.1, 0.15) is 0 Å². The van der Waals surface area contributed by atoms with E-state index in [4.69, 9.17) is 5.73 Å². The molecule has 0 unspecified atom stereocenters. The number of unbranched alkanes of at least 4 members (excludes halogenated alkanes) is 2. The van der Waals surface area contributed by atoms with Crippen LogP contribution < -0.4 is 5.73 Å². The molecule has 0 amide bonds. The summed E-state index contributed by atoms with van der Waals surface area (Å²) in [5, 5.41) is 20.7. The zero-order valence-corrected chi connectivity index (χ0v) is 16.2. The van der Waals surface area contributed by atoms with E-state index in [9.17, 15) is 10.2 Å². The van der Waals surface area contributed by atoms with Crippen LogP contribution in [-0.4, -0.2) is 29.0 Å². The van der Waals surface area contributed by atoms with Gasteiger partial charge in [0.15, 0.2) is 0 Å². The predicted molar refractivity (Wildman–Crippen MR) is 105 cm³/mol. The first-order valence-electron chi connectivity index (χ1n) is 10.5. The maximum atomic E-state index is 10.4. The van der Waals surface area contributed by atoms with Gasteiger partial charge in [-0.3, -0.25) is 0 Å². The molecule has 25 heavy (non-hydrogen) atoms. The molecular formula is C22H39NO2. The van der Waals surface area contributed by atoms with E-state index in [1.807, 2.05) is 6.08 Å². The van der Waals surface area contributed by atoms with Gasteiger partial charge in [0, 0.05) is 5.92 Å². The molecule has 3 nitrogen and oxygen atoms in total. The fraction of sp³-hybridized carbons (Fsp3) is 0.818. The summed E-state index contributed by atoms with van der Waals surface area (Å²) in [4.78, 5) is 0. The van der Waals surface area contributed by atoms with Gasteiger partial charge in [0.05, 0.1) is 12.2 Å². The van der Waals surface area contributed by atoms with Gasteiger partial charge in [-0.2, -0.15) is 0 Å². The number of rotatable bonds is 11. The van der Waals surface area contributed by atoms with Gasteiger partial charge in [-0.25, -0.2) is 0 Å². The highest BCUT2D eigenvalue weighted by Crippen LogP contribution is 2.48. The summed E-state index contributed by atoms with van der Waals surface area (Å²) in [5.74, 6) is 1.82. The Morgan fingerprint density at radius 2 is 2.12 bits per heavy atom. The first-order valence-corrected chi connectivity index (χ1v) is 10.5. The third kappa shape index (κ3) is 6.23. The van der Waals surface area contributed by atoms with Crippen LogP contribution in [0.3, 0.4) is 0 Å². The molecule has 144 valence electrons. The lowest BCUT2D eigenvalue weighted by Gasteiger charge is -2.19. The van der Waals surface area contributed by atoms with Crippen molar-refractivity contribution in [3.05, 3.63) is 23.8 Å². The van der Waals surface area contributed by atoms with Crippen LogP contribution in [0.4, 0.5) is 0 Å². The number of fused-ring (bicyclic) bond motifs is 1. The Kier molecular flexibility index (Phi) is 8.68. The van der Waals surface area contributed by atoms with Crippen LogP contribution >= 0.6 is 0 Å². The fourth-order valence-electron chi connectivity index (χ4n) is 4.70. The Labute approximate surface area is 154 Å². The van der Waals surface area contributed by atoms with E-state index in [2.05, 4.69) is 26.0 Å². The third-order valence-electron chi connectivity index (χ3n) is 6.15. The monoisotopic (exact) mass is 349 g/mol. The lowest BCUT2D eigenvalue weighted by atomic mass is 9.88. The Balaban J connectivity index is 1.82. The minimum atomic E-state index is -0.378. The van der Waals surface area contributed by atoms with Gasteiger partial charge in [-0.05, 0) is 62.8 Å². The minimum Gasteiger partial charge on any atom is -0.392 e. The molecule has 1 fully saturated rings. The van der Waals surface area contributed by atoms with Crippen LogP contribution in [0.15, 0.2) is 23.8 Å². The molecule has 2 rings (SSSR count). The number of allylic oxidation sites excluding steroid dienone is 2. The van der Waals surface area contributed by atoms with Crippen molar-refractivity contribution < 1.29 is 10.2 Å². The highest BCUT2D eigenvalue weighted by atomic mass is 16.3. The lowest BCUT2D eigenvalue weighted by Crippen LogP contribution is -2.18. The first kappa shape index (κ1) is 20.7. The van der Waals surface area contributed by atoms with Gasteiger partial charge >= 0.3 is 0 Å². The summed E-state index contributed by atoms with van der Waals surface area (Å²) in [6.45, 7) is 5.21. The number of nitrogens with two attached hydrogens (primary N) is 1. The lowest BCUT2D eigenvalue weighted by molar-refractivity contribution is 0.139. The predicted octanol–water partition coefficient (Wildman–Crippen LogP) is 4.19. The zero-order valence-electron chi connectivity index (χ0n) is 16.2. The van der Waals surface area contributed by atoms with Crippen LogP contribution in [0.2, 0.25) is 0 Å². The van der Waals surface area contributed by atoms with Crippen molar-refractivity contribution in [1.82, 2.24) is 0 Å². The molecule has 0 radical (unpaired) electrons. The summed E-state index contributed by atoms with van der Waals surface area (Å²) in [6, 6.07) is 0. The SMILES string of the molecule is CCCC[C@H](C)C[C@H](O)C=C[C@@H]1[C@H]2CC(CCCCN)=C[C@H]2C[C@H]1O. The second kappa shape index (κ2) is 10.5. The van der Waals surface area contributed by atoms with E-state index in [1.165, 1.54) is 25.7 Å². The van der Waals surface area contributed by atoms with Crippen LogP contribution in [0.5, 0.6) is 0 Å². The van der Waals surface area contributed by atoms with E-state index in [-0.39, 0.29) is 18.1 Å². The Morgan fingerprint density at radius 3 is 2.84 bits per heavy atom. The van der Waals surface area contributed by atoms with E-state index in [0.717, 1.165) is 38.6 Å². The summed E-state index contributed by atoms with van der Waals surface area (Å²) >= 11 is 0. The number of hydrogen-bond acceptors (Lipinski definition) is 3. The second-order valence-electron chi connectivity index (χ2n) is 8.42. The minimum absolute atomic E-state index is 0.203. The van der Waals surface area contributed by atoms with E-state index >= 15 is 0 Å². The number of aliphatic hydroxyl groups excluding tert-OH is 2. The van der Waals surface area contributed by atoms with Crippen molar-refractivity contribution >= 4 is 0 Å². The van der Waals surface area contributed by atoms with Crippen LogP contribution in [0.25, 0.3) is 0 Å². The molecular weight excluding hydrogens is 310 g/mol. The van der Waals surface area contributed by atoms with Crippen molar-refractivity contribution in [2.75, 3.05) is 6.54 Å². The highest BCUT2D eigenvalue weighted by Gasteiger charge is 2.43. The van der Waals surface area contributed by atoms with Gasteiger partial charge < -0.3 is 15.9 Å². The molecule has 0 aromatic heterocycles. The van der Waals surface area contributed by atoms with Crippen molar-refractivity contribution in [1.29, 1.82) is 0 Å². The average molecular weight is 350 g/mol. The maximum Gasteiger partial charge on any atom is 0.0723 e. The molecule has 6 atom stereocenters. The number of aliphatic hydroxyl groups is 2. The van der Waals surface area contributed by atoms with Crippen molar-refractivity contribution in [3.63, 3.8) is 0 Å². The standard InChI is InChI=1S/C22H39NO2/c1-3-4-7-16(2)12-19(24)9-10-20-21-14-17(8-5-6-11-23)13-18(21)15-22(20)25/h9-10,13,16,18-22,24-25H,3-8,11-12,14-15,23H2,1-2H3/t16-,18-,19+,20+,21-,22+/m0/s1. The Morgan fingerprint density at radius 1 is 1.32 bits per heavy atom. The van der Waals surface area contributed by atoms with Crippen LogP contribution in [-0.2, 0) is 0 Å². The summed E-state index contributed by atoms with van der Waals surface area (Å²) in [5.41, 5.74) is 7.15. The van der Waals surface area contributed by atoms with Crippen molar-refractivity contribution in [3.8, 4) is 0 Å². The molecule has 1 saturated carbocycles. The van der Waals surface area contributed by atoms with Gasteiger partial charge in [-0.1, -0.05) is 56.9 Å². The van der Waals surface area contributed by atoms with E-state index in [1.54, 1.807) is 5.57 Å². The maximum absolute atomic E-state index is 10.4. The molecule has 0 heterocycles. The average Bonchev–Trinajstić information content (AvgIpc) is 3.08. The van der Waals surface area contributed by atoms with E-state index < -0.39 is 0 Å². The highest BCUT2D eigenvalue weighted by molar-refractivity contribution is 5.21. The summed E-state index contributed by atoms with van der Waals surface area (Å²) < 4.78 is 0. The quantitative estimate of drug-likeness (QED) is 0.387. The van der Waals surface area contributed by atoms with Gasteiger partial charge in [0.25, 0.3) is 0 Å². The normalized spacial score (nSPS) is 31.3. The topological polar surface area (TPSA) is 66.5 Å². The molecule has 0 spiro atoms.